The topological polar surface area (TPSA) is 0 Å². The van der Waals surface area contributed by atoms with Crippen molar-refractivity contribution < 1.29 is 62.2 Å². The van der Waals surface area contributed by atoms with Crippen LogP contribution in [0.25, 0.3) is 11.1 Å². The van der Waals surface area contributed by atoms with Gasteiger partial charge in [-0.1, -0.05) is 94.2 Å². The molecule has 0 saturated carbocycles. The molecule has 0 N–H and O–H groups in total. The minimum Gasteiger partial charge on any atom is -1.00 e. The van der Waals surface area contributed by atoms with Gasteiger partial charge in [0.15, 0.2) is 0 Å². The Bertz CT molecular complexity index is 1260. The summed E-state index contributed by atoms with van der Waals surface area (Å²) in [6, 6.07) is 23.2. The van der Waals surface area contributed by atoms with Gasteiger partial charge < -0.3 is 24.8 Å². The number of fused-ring (bicyclic) bond motifs is 3. The van der Waals surface area contributed by atoms with Gasteiger partial charge in [-0.25, -0.2) is 5.57 Å². The molecule has 0 amide bonds. The van der Waals surface area contributed by atoms with Crippen LogP contribution in [0.2, 0.25) is 0 Å². The van der Waals surface area contributed by atoms with E-state index in [1.807, 2.05) is 9.78 Å². The molecule has 3 aromatic carbocycles. The molecule has 212 valence electrons. The minimum atomic E-state index is -4.22. The molecule has 2 aliphatic rings. The predicted molar refractivity (Wildman–Crippen MR) is 148 cm³/mol. The molecular formula is C34H35Cl2F3Zr-2. The Morgan fingerprint density at radius 3 is 2.05 bits per heavy atom. The number of hydrogen-bond donors (Lipinski definition) is 0. The largest absolute Gasteiger partial charge is 1.00 e. The van der Waals surface area contributed by atoms with Crippen LogP contribution in [0.15, 0.2) is 84.0 Å². The van der Waals surface area contributed by atoms with Gasteiger partial charge in [-0.2, -0.15) is 41.5 Å². The Morgan fingerprint density at radius 1 is 0.900 bits per heavy atom. The van der Waals surface area contributed by atoms with E-state index in [0.29, 0.717) is 11.3 Å². The van der Waals surface area contributed by atoms with Gasteiger partial charge in [0.1, 0.15) is 0 Å². The fourth-order valence-corrected chi connectivity index (χ4v) is 5.10. The summed E-state index contributed by atoms with van der Waals surface area (Å²) in [6.45, 7) is 11.3. The van der Waals surface area contributed by atoms with Crippen molar-refractivity contribution in [1.29, 1.82) is 0 Å². The molecule has 0 bridgehead atoms. The second-order valence-corrected chi connectivity index (χ2v) is 11.2. The van der Waals surface area contributed by atoms with Gasteiger partial charge in [0.05, 0.1) is 0 Å². The first-order valence-electron chi connectivity index (χ1n) is 13.1. The van der Waals surface area contributed by atoms with Crippen LogP contribution < -0.4 is 24.8 Å². The smallest absolute Gasteiger partial charge is 0.0253 e. The average molecular weight is 663 g/mol. The molecule has 0 nitrogen and oxygen atoms in total. The van der Waals surface area contributed by atoms with Gasteiger partial charge in [-0.05, 0) is 6.42 Å². The van der Waals surface area contributed by atoms with Crippen LogP contribution in [-0.2, 0) is 36.8 Å². The molecule has 0 heterocycles. The van der Waals surface area contributed by atoms with E-state index >= 15 is 0 Å². The summed E-state index contributed by atoms with van der Waals surface area (Å²) in [5.74, 6) is 0.573. The third kappa shape index (κ3) is 9.68. The van der Waals surface area contributed by atoms with Crippen LogP contribution in [-0.4, -0.2) is 3.71 Å². The number of hydrogen-bond acceptors (Lipinski definition) is 0. The van der Waals surface area contributed by atoms with E-state index in [9.17, 15) is 13.2 Å². The summed E-state index contributed by atoms with van der Waals surface area (Å²) in [6.07, 6.45) is 5.11. The fourth-order valence-electron chi connectivity index (χ4n) is 4.63. The first-order valence-corrected chi connectivity index (χ1v) is 14.5. The Kier molecular flexibility index (Phi) is 14.6. The molecule has 6 heteroatoms. The van der Waals surface area contributed by atoms with Crippen molar-refractivity contribution >= 4 is 3.71 Å². The molecule has 3 aromatic rings. The standard InChI is InChI=1S/C13H9.C13H21.C8H5F3.2ClH.Zr/c1-3-7-12-10(5-1)9-11-6-2-4-8-13(11)12;1-6-10-8-11(7-2)12(9-10)13(3,4)5;1-6-2-4-7(5-3-6)8(9,10)11;;;/h1-5,7-8H,9H2;9-10H,6-7H2,1-5H3;1-5H;2*1H;/q2*-1;;;;+2/p-2. The quantitative estimate of drug-likeness (QED) is 0.295. The van der Waals surface area contributed by atoms with E-state index in [1.54, 1.807) is 0 Å². The predicted octanol–water partition coefficient (Wildman–Crippen LogP) is 3.61. The molecule has 0 aliphatic heterocycles. The molecule has 1 unspecified atom stereocenters. The number of rotatable bonds is 3. The maximum atomic E-state index is 12.0. The van der Waals surface area contributed by atoms with Crippen LogP contribution in [0.3, 0.4) is 0 Å². The summed E-state index contributed by atoms with van der Waals surface area (Å²) >= 11 is 1.18. The molecule has 0 fully saturated rings. The second kappa shape index (κ2) is 16.0. The van der Waals surface area contributed by atoms with Crippen LogP contribution in [0, 0.1) is 23.5 Å². The van der Waals surface area contributed by atoms with E-state index < -0.39 is 11.7 Å². The zero-order valence-electron chi connectivity index (χ0n) is 23.6. The first-order chi connectivity index (χ1) is 18.0. The zero-order chi connectivity index (χ0) is 27.9. The zero-order valence-corrected chi connectivity index (χ0v) is 27.6. The van der Waals surface area contributed by atoms with Gasteiger partial charge in [0.25, 0.3) is 0 Å². The van der Waals surface area contributed by atoms with Crippen LogP contribution in [0.1, 0.15) is 69.7 Å². The van der Waals surface area contributed by atoms with Crippen molar-refractivity contribution in [3.8, 4) is 11.1 Å². The van der Waals surface area contributed by atoms with Gasteiger partial charge >= 0.3 is 82.7 Å². The van der Waals surface area contributed by atoms with Crippen molar-refractivity contribution in [2.75, 3.05) is 0 Å². The van der Waals surface area contributed by atoms with Crippen LogP contribution in [0.4, 0.5) is 13.2 Å². The van der Waals surface area contributed by atoms with E-state index in [-0.39, 0.29) is 24.8 Å². The van der Waals surface area contributed by atoms with E-state index in [0.717, 1.165) is 30.5 Å². The molecule has 0 radical (unpaired) electrons. The molecule has 5 rings (SSSR count). The first kappa shape index (κ1) is 36.3. The van der Waals surface area contributed by atoms with Crippen molar-refractivity contribution in [3.63, 3.8) is 0 Å². The number of halogens is 5. The van der Waals surface area contributed by atoms with Gasteiger partial charge in [-0.3, -0.25) is 6.08 Å². The maximum Gasteiger partial charge on any atom is -0.0253 e. The number of alkyl halides is 3. The van der Waals surface area contributed by atoms with Crippen molar-refractivity contribution in [2.24, 2.45) is 11.3 Å². The molecule has 0 saturated heterocycles. The van der Waals surface area contributed by atoms with Crippen molar-refractivity contribution in [1.82, 2.24) is 0 Å². The Balaban J connectivity index is 0.000000293. The van der Waals surface area contributed by atoms with E-state index in [1.165, 1.54) is 76.2 Å². The SMILES string of the molecule is CCC1=[C-]C(CC)C=C1C(C)(C)C.FC(F)(F)c1ccc([CH]=[Zr+2])cc1.[Cl-].[Cl-].[c-]1cccc2c1Cc1ccccc1-2. The summed E-state index contributed by atoms with van der Waals surface area (Å²) < 4.78 is 37.9. The fraction of sp³-hybridized carbons (Fsp3) is 0.324. The molecule has 0 spiro atoms. The molecule has 1 atom stereocenters. The van der Waals surface area contributed by atoms with E-state index in [4.69, 9.17) is 0 Å². The summed E-state index contributed by atoms with van der Waals surface area (Å²) in [5.41, 5.74) is 9.00. The van der Waals surface area contributed by atoms with Gasteiger partial charge in [0, 0.05) is 0 Å². The summed E-state index contributed by atoms with van der Waals surface area (Å²) in [7, 11) is 0. The normalized spacial score (nSPS) is 14.9. The summed E-state index contributed by atoms with van der Waals surface area (Å²) in [5, 5.41) is 0. The number of allylic oxidation sites excluding steroid dienone is 4. The Labute approximate surface area is 265 Å². The van der Waals surface area contributed by atoms with Crippen LogP contribution >= 0.6 is 0 Å². The number of benzene rings is 3. The van der Waals surface area contributed by atoms with Gasteiger partial charge in [-0.15, -0.1) is 5.56 Å². The third-order valence-electron chi connectivity index (χ3n) is 6.68. The van der Waals surface area contributed by atoms with Crippen LogP contribution in [0.5, 0.6) is 0 Å². The molecule has 40 heavy (non-hydrogen) atoms. The van der Waals surface area contributed by atoms with E-state index in [2.05, 4.69) is 89.2 Å². The molecule has 0 aromatic heterocycles. The van der Waals surface area contributed by atoms with Crippen molar-refractivity contribution in [3.05, 3.63) is 118 Å². The monoisotopic (exact) mass is 660 g/mol. The van der Waals surface area contributed by atoms with Gasteiger partial charge in [0.2, 0.25) is 0 Å². The van der Waals surface area contributed by atoms with Crippen molar-refractivity contribution in [2.45, 2.75) is 60.1 Å². The molecular weight excluding hydrogens is 627 g/mol. The average Bonchev–Trinajstić information content (AvgIpc) is 3.50. The third-order valence-corrected chi connectivity index (χ3v) is 7.49. The minimum absolute atomic E-state index is 0. The summed E-state index contributed by atoms with van der Waals surface area (Å²) in [4.78, 5) is 0. The molecule has 2 aliphatic carbocycles. The second-order valence-electron chi connectivity index (χ2n) is 10.5. The maximum absolute atomic E-state index is 12.0. The Morgan fingerprint density at radius 2 is 1.52 bits per heavy atom. The Hall–Kier alpha value is -1.74.